The minimum absolute atomic E-state index is 0.198. The van der Waals surface area contributed by atoms with E-state index in [2.05, 4.69) is 5.32 Å². The molecule has 2 aliphatic rings. The van der Waals surface area contributed by atoms with Crippen molar-refractivity contribution in [3.63, 3.8) is 0 Å². The summed E-state index contributed by atoms with van der Waals surface area (Å²) in [6.07, 6.45) is 1.66. The van der Waals surface area contributed by atoms with Gasteiger partial charge in [0.2, 0.25) is 0 Å². The number of rotatable bonds is 1. The van der Waals surface area contributed by atoms with Gasteiger partial charge in [0.1, 0.15) is 11.4 Å². The minimum atomic E-state index is -0.855. The topological polar surface area (TPSA) is 85.9 Å². The Kier molecular flexibility index (Phi) is 5.64. The van der Waals surface area contributed by atoms with Crippen LogP contribution in [0.15, 0.2) is 23.2 Å². The molecule has 0 aliphatic carbocycles. The Morgan fingerprint density at radius 1 is 1.36 bits per heavy atom. The Hall–Kier alpha value is -1.80. The van der Waals surface area contributed by atoms with Gasteiger partial charge in [0, 0.05) is 29.2 Å². The van der Waals surface area contributed by atoms with Crippen LogP contribution in [0.4, 0.5) is 14.9 Å². The van der Waals surface area contributed by atoms with E-state index in [9.17, 15) is 9.18 Å². The zero-order valence-electron chi connectivity index (χ0n) is 16.8. The van der Waals surface area contributed by atoms with Gasteiger partial charge in [-0.2, -0.15) is 0 Å². The maximum Gasteiger partial charge on any atom is 0.413 e. The first-order chi connectivity index (χ1) is 13.0. The summed E-state index contributed by atoms with van der Waals surface area (Å²) in [6, 6.07) is 4.53. The number of hydrogen-bond acceptors (Lipinski definition) is 6. The first-order valence-electron chi connectivity index (χ1n) is 9.43. The molecule has 3 N–H and O–H groups in total. The van der Waals surface area contributed by atoms with Crippen molar-refractivity contribution in [1.29, 1.82) is 0 Å². The number of benzene rings is 1. The van der Waals surface area contributed by atoms with Crippen LogP contribution in [0.2, 0.25) is 0 Å². The van der Waals surface area contributed by atoms with Gasteiger partial charge in [-0.15, -0.1) is 0 Å². The molecule has 1 aromatic carbocycles. The lowest BCUT2D eigenvalue weighted by atomic mass is 9.79. The largest absolute Gasteiger partial charge is 0.444 e. The zero-order valence-corrected chi connectivity index (χ0v) is 17.6. The number of halogens is 1. The van der Waals surface area contributed by atoms with E-state index in [1.165, 1.54) is 23.9 Å². The van der Waals surface area contributed by atoms with Gasteiger partial charge in [0.05, 0.1) is 5.54 Å². The van der Waals surface area contributed by atoms with Crippen molar-refractivity contribution in [2.75, 3.05) is 18.9 Å². The van der Waals surface area contributed by atoms with Crippen molar-refractivity contribution in [1.82, 2.24) is 5.32 Å². The Bertz CT molecular complexity index is 787. The molecule has 0 bridgehead atoms. The number of aliphatic imine (C=N–C) groups is 1. The van der Waals surface area contributed by atoms with Crippen molar-refractivity contribution in [3.8, 4) is 0 Å². The molecule has 3 rings (SSSR count). The van der Waals surface area contributed by atoms with Crippen LogP contribution in [-0.2, 0) is 15.0 Å². The number of ether oxygens (including phenoxy) is 2. The SMILES string of the molecule is CC(C)(C)OC(=O)NC1=N[C@](C)(c2cc(N)ccc2F)CC2(CCOCC2)S1. The van der Waals surface area contributed by atoms with E-state index in [-0.39, 0.29) is 10.6 Å². The van der Waals surface area contributed by atoms with E-state index in [0.717, 1.165) is 12.8 Å². The van der Waals surface area contributed by atoms with Crippen LogP contribution in [0.3, 0.4) is 0 Å². The second kappa shape index (κ2) is 7.55. The fourth-order valence-corrected chi connectivity index (χ4v) is 5.25. The second-order valence-corrected chi connectivity index (χ2v) is 10.1. The van der Waals surface area contributed by atoms with Crippen molar-refractivity contribution in [3.05, 3.63) is 29.6 Å². The summed E-state index contributed by atoms with van der Waals surface area (Å²) in [6.45, 7) is 8.54. The summed E-state index contributed by atoms with van der Waals surface area (Å²) >= 11 is 1.52. The number of carbonyl (C=O) groups is 1. The number of alkyl carbamates (subject to hydrolysis) is 1. The van der Waals surface area contributed by atoms with Crippen molar-refractivity contribution in [2.24, 2.45) is 4.99 Å². The van der Waals surface area contributed by atoms with Gasteiger partial charge in [-0.25, -0.2) is 9.18 Å². The number of amides is 1. The van der Waals surface area contributed by atoms with Crippen LogP contribution < -0.4 is 11.1 Å². The van der Waals surface area contributed by atoms with E-state index in [1.54, 1.807) is 26.8 Å². The van der Waals surface area contributed by atoms with E-state index in [1.807, 2.05) is 6.92 Å². The van der Waals surface area contributed by atoms with Gasteiger partial charge < -0.3 is 15.2 Å². The van der Waals surface area contributed by atoms with Gasteiger partial charge in [-0.3, -0.25) is 10.3 Å². The van der Waals surface area contributed by atoms with Crippen LogP contribution in [0, 0.1) is 5.82 Å². The molecule has 1 saturated heterocycles. The molecule has 1 spiro atoms. The summed E-state index contributed by atoms with van der Waals surface area (Å²) in [5.41, 5.74) is 5.35. The molecule has 0 saturated carbocycles. The minimum Gasteiger partial charge on any atom is -0.444 e. The summed E-state index contributed by atoms with van der Waals surface area (Å²) in [4.78, 5) is 17.1. The van der Waals surface area contributed by atoms with E-state index >= 15 is 0 Å². The fraction of sp³-hybridized carbons (Fsp3) is 0.600. The third kappa shape index (κ3) is 4.78. The van der Waals surface area contributed by atoms with E-state index in [4.69, 9.17) is 20.2 Å². The molecule has 1 atom stereocenters. The molecule has 8 heteroatoms. The molecular formula is C20H28FN3O3S. The molecular weight excluding hydrogens is 381 g/mol. The second-order valence-electron chi connectivity index (χ2n) is 8.63. The summed E-state index contributed by atoms with van der Waals surface area (Å²) in [5.74, 6) is -0.355. The smallest absolute Gasteiger partial charge is 0.413 e. The molecule has 28 heavy (non-hydrogen) atoms. The molecule has 6 nitrogen and oxygen atoms in total. The Labute approximate surface area is 169 Å². The zero-order chi connectivity index (χ0) is 20.6. The molecule has 1 fully saturated rings. The lowest BCUT2D eigenvalue weighted by Crippen LogP contribution is -2.48. The Balaban J connectivity index is 1.97. The number of amidine groups is 1. The molecule has 0 radical (unpaired) electrons. The number of anilines is 1. The normalized spacial score (nSPS) is 24.5. The third-order valence-corrected chi connectivity index (χ3v) is 6.28. The van der Waals surface area contributed by atoms with E-state index in [0.29, 0.717) is 36.1 Å². The lowest BCUT2D eigenvalue weighted by Gasteiger charge is -2.45. The fourth-order valence-electron chi connectivity index (χ4n) is 3.73. The first kappa shape index (κ1) is 20.9. The quantitative estimate of drug-likeness (QED) is 0.679. The predicted molar refractivity (Wildman–Crippen MR) is 110 cm³/mol. The monoisotopic (exact) mass is 409 g/mol. The van der Waals surface area contributed by atoms with Crippen molar-refractivity contribution in [2.45, 2.75) is 62.8 Å². The van der Waals surface area contributed by atoms with Gasteiger partial charge in [-0.1, -0.05) is 11.8 Å². The predicted octanol–water partition coefficient (Wildman–Crippen LogP) is 4.19. The number of nitrogens with zero attached hydrogens (tertiary/aromatic N) is 1. The highest BCUT2D eigenvalue weighted by molar-refractivity contribution is 8.15. The average Bonchev–Trinajstić information content (AvgIpc) is 2.55. The van der Waals surface area contributed by atoms with Crippen molar-refractivity contribution < 1.29 is 18.7 Å². The highest BCUT2D eigenvalue weighted by atomic mass is 32.2. The van der Waals surface area contributed by atoms with Crippen molar-refractivity contribution >= 4 is 28.7 Å². The molecule has 2 heterocycles. The van der Waals surface area contributed by atoms with Crippen LogP contribution in [0.1, 0.15) is 52.5 Å². The van der Waals surface area contributed by atoms with Crippen LogP contribution in [-0.4, -0.2) is 34.8 Å². The molecule has 0 aromatic heterocycles. The number of carbonyl (C=O) groups excluding carboxylic acids is 1. The number of nitrogen functional groups attached to an aromatic ring is 1. The third-order valence-electron chi connectivity index (χ3n) is 4.91. The molecule has 1 aromatic rings. The first-order valence-corrected chi connectivity index (χ1v) is 10.2. The number of thioether (sulfide) groups is 1. The number of hydrogen-bond donors (Lipinski definition) is 2. The number of nitrogens with two attached hydrogens (primary N) is 1. The van der Waals surface area contributed by atoms with Gasteiger partial charge >= 0.3 is 6.09 Å². The maximum absolute atomic E-state index is 14.7. The standard InChI is InChI=1S/C20H28FN3O3S/c1-18(2,3)27-17(25)23-16-24-19(4,14-11-13(22)5-6-15(14)21)12-20(28-16)7-9-26-10-8-20/h5-6,11H,7-10,12,22H2,1-4H3,(H,23,24,25)/t19-/m0/s1. The Morgan fingerprint density at radius 2 is 2.04 bits per heavy atom. The molecule has 154 valence electrons. The van der Waals surface area contributed by atoms with Crippen LogP contribution in [0.5, 0.6) is 0 Å². The lowest BCUT2D eigenvalue weighted by molar-refractivity contribution is 0.0562. The Morgan fingerprint density at radius 3 is 2.68 bits per heavy atom. The summed E-state index contributed by atoms with van der Waals surface area (Å²) in [5, 5.41) is 3.20. The average molecular weight is 410 g/mol. The van der Waals surface area contributed by atoms with Crippen LogP contribution in [0.25, 0.3) is 0 Å². The molecule has 2 aliphatic heterocycles. The van der Waals surface area contributed by atoms with Gasteiger partial charge in [0.15, 0.2) is 5.17 Å². The summed E-state index contributed by atoms with van der Waals surface area (Å²) in [7, 11) is 0. The molecule has 1 amide bonds. The van der Waals surface area contributed by atoms with Gasteiger partial charge in [-0.05, 0) is 65.2 Å². The van der Waals surface area contributed by atoms with Gasteiger partial charge in [0.25, 0.3) is 0 Å². The maximum atomic E-state index is 14.7. The number of nitrogens with one attached hydrogen (secondary N) is 1. The van der Waals surface area contributed by atoms with E-state index < -0.39 is 17.2 Å². The highest BCUT2D eigenvalue weighted by Crippen LogP contribution is 2.50. The highest BCUT2D eigenvalue weighted by Gasteiger charge is 2.47. The summed E-state index contributed by atoms with van der Waals surface area (Å²) < 4.78 is 25.4. The van der Waals surface area contributed by atoms with Crippen LogP contribution >= 0.6 is 11.8 Å². The molecule has 0 unspecified atom stereocenters.